The molecule has 1 aliphatic carbocycles. The molecule has 5 rings (SSSR count). The third kappa shape index (κ3) is 5.14. The number of aromatic nitrogens is 5. The molecular weight excluding hydrogens is 465 g/mol. The third-order valence-electron chi connectivity index (χ3n) is 6.24. The molecule has 0 aromatic carbocycles. The van der Waals surface area contributed by atoms with Crippen LogP contribution in [0.25, 0.3) is 5.65 Å². The number of hydrogen-bond acceptors (Lipinski definition) is 8. The van der Waals surface area contributed by atoms with Crippen molar-refractivity contribution in [1.29, 1.82) is 0 Å². The number of nitrogens with one attached hydrogen (secondary N) is 2. The van der Waals surface area contributed by atoms with E-state index in [0.717, 1.165) is 26.2 Å². The van der Waals surface area contributed by atoms with Crippen LogP contribution >= 0.6 is 0 Å². The maximum absolute atomic E-state index is 13.1. The summed E-state index contributed by atoms with van der Waals surface area (Å²) < 4.78 is 45.8. The van der Waals surface area contributed by atoms with Crippen molar-refractivity contribution in [3.05, 3.63) is 41.9 Å². The Morgan fingerprint density at radius 2 is 1.86 bits per heavy atom. The molecule has 3 aromatic heterocycles. The largest absolute Gasteiger partial charge is 0.473 e. The molecular formula is C22H25F3N8O2. The fourth-order valence-corrected chi connectivity index (χ4v) is 4.47. The summed E-state index contributed by atoms with van der Waals surface area (Å²) >= 11 is 0. The number of carbonyl (C=O) groups is 1. The molecule has 1 aliphatic heterocycles. The second kappa shape index (κ2) is 9.64. The van der Waals surface area contributed by atoms with Crippen LogP contribution in [0.3, 0.4) is 0 Å². The molecule has 2 N–H and O–H groups in total. The quantitative estimate of drug-likeness (QED) is 0.560. The topological polar surface area (TPSA) is 110 Å². The highest BCUT2D eigenvalue weighted by atomic mass is 19.4. The van der Waals surface area contributed by atoms with Gasteiger partial charge in [-0.25, -0.2) is 4.98 Å². The number of anilines is 1. The zero-order valence-corrected chi connectivity index (χ0v) is 18.8. The first-order valence-corrected chi connectivity index (χ1v) is 11.6. The van der Waals surface area contributed by atoms with Gasteiger partial charge in [0, 0.05) is 44.5 Å². The number of piperazine rings is 1. The Morgan fingerprint density at radius 3 is 2.60 bits per heavy atom. The number of halogens is 3. The number of alkyl halides is 3. The molecule has 0 bridgehead atoms. The Morgan fingerprint density at radius 1 is 1.09 bits per heavy atom. The van der Waals surface area contributed by atoms with E-state index in [9.17, 15) is 18.0 Å². The summed E-state index contributed by atoms with van der Waals surface area (Å²) in [6, 6.07) is 6.40. The van der Waals surface area contributed by atoms with Gasteiger partial charge in [0.15, 0.2) is 5.65 Å². The monoisotopic (exact) mass is 490 g/mol. The van der Waals surface area contributed by atoms with E-state index < -0.39 is 12.0 Å². The van der Waals surface area contributed by atoms with Gasteiger partial charge in [-0.15, -0.1) is 15.3 Å². The molecule has 2 fully saturated rings. The van der Waals surface area contributed by atoms with Gasteiger partial charge in [-0.2, -0.15) is 17.7 Å². The molecule has 0 radical (unpaired) electrons. The molecule has 186 valence electrons. The number of ether oxygens (including phenoxy) is 1. The van der Waals surface area contributed by atoms with E-state index in [1.807, 2.05) is 0 Å². The van der Waals surface area contributed by atoms with E-state index in [4.69, 9.17) is 4.74 Å². The Balaban J connectivity index is 1.18. The molecule has 4 heterocycles. The van der Waals surface area contributed by atoms with E-state index >= 15 is 0 Å². The van der Waals surface area contributed by atoms with Gasteiger partial charge in [0.2, 0.25) is 5.88 Å². The standard InChI is InChI=1S/C22H25F3N8O2/c23-22(24,25)21-30-29-17-7-8-18(31-33(17)21)35-15-5-3-14(4-6-15)28-20(34)16-2-1-9-27-19(16)32-12-10-26-11-13-32/h1-2,7-9,14-15,26H,3-6,10-13H2,(H,28,34). The Labute approximate surface area is 198 Å². The summed E-state index contributed by atoms with van der Waals surface area (Å²) in [7, 11) is 0. The average molecular weight is 490 g/mol. The van der Waals surface area contributed by atoms with Crippen molar-refractivity contribution in [2.75, 3.05) is 31.1 Å². The van der Waals surface area contributed by atoms with Crippen molar-refractivity contribution in [2.45, 2.75) is 44.0 Å². The molecule has 0 spiro atoms. The second-order valence-electron chi connectivity index (χ2n) is 8.64. The Bertz CT molecular complexity index is 1190. The smallest absolute Gasteiger partial charge is 0.453 e. The van der Waals surface area contributed by atoms with E-state index in [-0.39, 0.29) is 29.6 Å². The van der Waals surface area contributed by atoms with Gasteiger partial charge < -0.3 is 20.3 Å². The zero-order valence-electron chi connectivity index (χ0n) is 18.8. The minimum absolute atomic E-state index is 0.00770. The summed E-state index contributed by atoms with van der Waals surface area (Å²) in [5.74, 6) is -0.584. The Hall–Kier alpha value is -3.48. The number of hydrogen-bond donors (Lipinski definition) is 2. The van der Waals surface area contributed by atoms with Crippen LogP contribution in [0.1, 0.15) is 41.9 Å². The predicted molar refractivity (Wildman–Crippen MR) is 119 cm³/mol. The predicted octanol–water partition coefficient (Wildman–Crippen LogP) is 2.07. The van der Waals surface area contributed by atoms with E-state index in [2.05, 4.69) is 35.8 Å². The minimum atomic E-state index is -4.67. The SMILES string of the molecule is O=C(NC1CCC(Oc2ccc3nnc(C(F)(F)F)n3n2)CC1)c1cccnc1N1CCNCC1. The summed E-state index contributed by atoms with van der Waals surface area (Å²) in [6.45, 7) is 3.27. The van der Waals surface area contributed by atoms with Crippen LogP contribution in [0.4, 0.5) is 19.0 Å². The van der Waals surface area contributed by atoms with Crippen LogP contribution in [-0.2, 0) is 6.18 Å². The van der Waals surface area contributed by atoms with E-state index in [0.29, 0.717) is 41.6 Å². The summed E-state index contributed by atoms with van der Waals surface area (Å²) in [6.07, 6.45) is -0.550. The summed E-state index contributed by atoms with van der Waals surface area (Å²) in [5.41, 5.74) is 0.548. The number of fused-ring (bicyclic) bond motifs is 1. The van der Waals surface area contributed by atoms with Gasteiger partial charge in [-0.3, -0.25) is 4.79 Å². The summed E-state index contributed by atoms with van der Waals surface area (Å²) in [4.78, 5) is 19.6. The van der Waals surface area contributed by atoms with Gasteiger partial charge in [0.1, 0.15) is 11.9 Å². The highest BCUT2D eigenvalue weighted by Gasteiger charge is 2.38. The van der Waals surface area contributed by atoms with Gasteiger partial charge in [-0.1, -0.05) is 0 Å². The van der Waals surface area contributed by atoms with Crippen LogP contribution in [0.15, 0.2) is 30.5 Å². The van der Waals surface area contributed by atoms with E-state index in [1.165, 1.54) is 12.1 Å². The maximum Gasteiger partial charge on any atom is 0.453 e. The molecule has 0 unspecified atom stereocenters. The molecule has 1 saturated carbocycles. The first kappa shape index (κ1) is 23.3. The van der Waals surface area contributed by atoms with E-state index in [1.54, 1.807) is 18.3 Å². The van der Waals surface area contributed by atoms with Crippen LogP contribution in [-0.4, -0.2) is 69.0 Å². The lowest BCUT2D eigenvalue weighted by molar-refractivity contribution is -0.146. The van der Waals surface area contributed by atoms with Crippen LogP contribution in [0.2, 0.25) is 0 Å². The molecule has 10 nitrogen and oxygen atoms in total. The van der Waals surface area contributed by atoms with Crippen LogP contribution < -0.4 is 20.3 Å². The van der Waals surface area contributed by atoms with Crippen LogP contribution in [0, 0.1) is 0 Å². The van der Waals surface area contributed by atoms with Gasteiger partial charge in [-0.05, 0) is 43.9 Å². The highest BCUT2D eigenvalue weighted by Crippen LogP contribution is 2.29. The zero-order chi connectivity index (χ0) is 24.4. The van der Waals surface area contributed by atoms with Crippen molar-refractivity contribution in [1.82, 2.24) is 35.4 Å². The third-order valence-corrected chi connectivity index (χ3v) is 6.24. The molecule has 1 saturated heterocycles. The van der Waals surface area contributed by atoms with Crippen molar-refractivity contribution >= 4 is 17.4 Å². The first-order valence-electron chi connectivity index (χ1n) is 11.6. The number of rotatable bonds is 5. The molecule has 1 amide bonds. The number of pyridine rings is 1. The fourth-order valence-electron chi connectivity index (χ4n) is 4.47. The maximum atomic E-state index is 13.1. The summed E-state index contributed by atoms with van der Waals surface area (Å²) in [5, 5.41) is 17.0. The molecule has 13 heteroatoms. The molecule has 35 heavy (non-hydrogen) atoms. The minimum Gasteiger partial charge on any atom is -0.473 e. The fraction of sp³-hybridized carbons (Fsp3) is 0.500. The Kier molecular flexibility index (Phi) is 6.41. The van der Waals surface area contributed by atoms with Crippen molar-refractivity contribution < 1.29 is 22.7 Å². The number of nitrogens with zero attached hydrogens (tertiary/aromatic N) is 6. The van der Waals surface area contributed by atoms with Gasteiger partial charge >= 0.3 is 6.18 Å². The number of amides is 1. The van der Waals surface area contributed by atoms with Gasteiger partial charge in [0.05, 0.1) is 5.56 Å². The first-order chi connectivity index (χ1) is 16.9. The second-order valence-corrected chi connectivity index (χ2v) is 8.64. The lowest BCUT2D eigenvalue weighted by Gasteiger charge is -2.31. The number of carbonyl (C=O) groups excluding carboxylic acids is 1. The molecule has 2 aliphatic rings. The highest BCUT2D eigenvalue weighted by molar-refractivity contribution is 5.99. The van der Waals surface area contributed by atoms with Crippen LogP contribution in [0.5, 0.6) is 5.88 Å². The van der Waals surface area contributed by atoms with Gasteiger partial charge in [0.25, 0.3) is 11.7 Å². The lowest BCUT2D eigenvalue weighted by atomic mass is 9.92. The average Bonchev–Trinajstić information content (AvgIpc) is 3.30. The normalized spacial score (nSPS) is 21.2. The van der Waals surface area contributed by atoms with Crippen molar-refractivity contribution in [3.8, 4) is 5.88 Å². The molecule has 0 atom stereocenters. The lowest BCUT2D eigenvalue weighted by Crippen LogP contribution is -2.45. The van der Waals surface area contributed by atoms with Crippen molar-refractivity contribution in [3.63, 3.8) is 0 Å². The molecule has 3 aromatic rings. The van der Waals surface area contributed by atoms with Crippen molar-refractivity contribution in [2.24, 2.45) is 0 Å².